The van der Waals surface area contributed by atoms with Gasteiger partial charge in [0.25, 0.3) is 5.91 Å². The number of nitrogens with one attached hydrogen (secondary N) is 1. The molecule has 0 aliphatic carbocycles. The number of amides is 1. The van der Waals surface area contributed by atoms with Crippen LogP contribution in [0.15, 0.2) is 36.0 Å². The summed E-state index contributed by atoms with van der Waals surface area (Å²) in [6.45, 7) is 2.33. The summed E-state index contributed by atoms with van der Waals surface area (Å²) in [7, 11) is 0. The van der Waals surface area contributed by atoms with Gasteiger partial charge in [0.2, 0.25) is 0 Å². The number of carbonyl (C=O) groups excluding carboxylic acids is 1. The molecule has 108 valence electrons. The molecule has 0 saturated carbocycles. The first-order chi connectivity index (χ1) is 10.2. The highest BCUT2D eigenvalue weighted by molar-refractivity contribution is 7.10. The summed E-state index contributed by atoms with van der Waals surface area (Å²) in [5.74, 6) is 5.49. The maximum absolute atomic E-state index is 12.3. The summed E-state index contributed by atoms with van der Waals surface area (Å²) in [6.07, 6.45) is 4.01. The first kappa shape index (κ1) is 15.2. The highest BCUT2D eigenvalue weighted by Gasteiger charge is 2.15. The molecule has 0 radical (unpaired) electrons. The van der Waals surface area contributed by atoms with Gasteiger partial charge in [0, 0.05) is 22.8 Å². The Kier molecular flexibility index (Phi) is 5.50. The smallest absolute Gasteiger partial charge is 0.253 e. The SMILES string of the molecule is CCC(NC(=O)c1cncc(C#CCN)c1)c1cccs1. The van der Waals surface area contributed by atoms with E-state index in [1.807, 2.05) is 24.4 Å². The van der Waals surface area contributed by atoms with Crippen LogP contribution in [0.1, 0.15) is 40.2 Å². The maximum Gasteiger partial charge on any atom is 0.253 e. The maximum atomic E-state index is 12.3. The van der Waals surface area contributed by atoms with Crippen molar-refractivity contribution in [2.45, 2.75) is 19.4 Å². The number of nitrogens with two attached hydrogens (primary N) is 1. The van der Waals surface area contributed by atoms with E-state index in [1.54, 1.807) is 29.8 Å². The van der Waals surface area contributed by atoms with Crippen LogP contribution in [0, 0.1) is 11.8 Å². The molecule has 2 aromatic rings. The molecule has 2 rings (SSSR count). The van der Waals surface area contributed by atoms with E-state index < -0.39 is 0 Å². The lowest BCUT2D eigenvalue weighted by Gasteiger charge is -2.15. The molecule has 3 N–H and O–H groups in total. The molecule has 0 aliphatic heterocycles. The zero-order valence-electron chi connectivity index (χ0n) is 11.8. The molecular formula is C16H17N3OS. The standard InChI is InChI=1S/C16H17N3OS/c1-2-14(15-6-4-8-21-15)19-16(20)13-9-12(5-3-7-17)10-18-11-13/h4,6,8-11,14H,2,7,17H2,1H3,(H,19,20). The number of hydrogen-bond donors (Lipinski definition) is 2. The van der Waals surface area contributed by atoms with E-state index in [0.29, 0.717) is 11.1 Å². The van der Waals surface area contributed by atoms with Crippen molar-refractivity contribution in [2.24, 2.45) is 5.73 Å². The average molecular weight is 299 g/mol. The Bertz CT molecular complexity index is 656. The Morgan fingerprint density at radius 1 is 1.52 bits per heavy atom. The van der Waals surface area contributed by atoms with Crippen molar-refractivity contribution in [3.8, 4) is 11.8 Å². The number of aromatic nitrogens is 1. The van der Waals surface area contributed by atoms with E-state index in [0.717, 1.165) is 11.3 Å². The number of pyridine rings is 1. The van der Waals surface area contributed by atoms with E-state index in [1.165, 1.54) is 0 Å². The largest absolute Gasteiger partial charge is 0.344 e. The highest BCUT2D eigenvalue weighted by Crippen LogP contribution is 2.22. The number of carbonyl (C=O) groups is 1. The minimum absolute atomic E-state index is 0.0243. The Hall–Kier alpha value is -2.16. The van der Waals surface area contributed by atoms with Crippen molar-refractivity contribution in [3.63, 3.8) is 0 Å². The van der Waals surface area contributed by atoms with Crippen LogP contribution in [0.5, 0.6) is 0 Å². The number of thiophene rings is 1. The van der Waals surface area contributed by atoms with Gasteiger partial charge in [0.1, 0.15) is 0 Å². The molecule has 1 unspecified atom stereocenters. The van der Waals surface area contributed by atoms with Crippen molar-refractivity contribution >= 4 is 17.2 Å². The summed E-state index contributed by atoms with van der Waals surface area (Å²) < 4.78 is 0. The molecule has 0 spiro atoms. The third-order valence-corrected chi connectivity index (χ3v) is 3.92. The minimum Gasteiger partial charge on any atom is -0.344 e. The fraction of sp³-hybridized carbons (Fsp3) is 0.250. The van der Waals surface area contributed by atoms with Gasteiger partial charge in [-0.1, -0.05) is 24.8 Å². The molecule has 4 nitrogen and oxygen atoms in total. The highest BCUT2D eigenvalue weighted by atomic mass is 32.1. The fourth-order valence-electron chi connectivity index (χ4n) is 1.89. The van der Waals surface area contributed by atoms with Gasteiger partial charge in [-0.3, -0.25) is 9.78 Å². The summed E-state index contributed by atoms with van der Waals surface area (Å²) >= 11 is 1.64. The number of hydrogen-bond acceptors (Lipinski definition) is 4. The molecule has 5 heteroatoms. The van der Waals surface area contributed by atoms with Crippen molar-refractivity contribution in [3.05, 3.63) is 52.0 Å². The Morgan fingerprint density at radius 3 is 3.05 bits per heavy atom. The second-order valence-electron chi connectivity index (χ2n) is 4.42. The second-order valence-corrected chi connectivity index (χ2v) is 5.40. The van der Waals surface area contributed by atoms with Gasteiger partial charge in [-0.15, -0.1) is 11.3 Å². The molecule has 0 aliphatic rings. The molecule has 2 heterocycles. The third kappa shape index (κ3) is 4.15. The minimum atomic E-state index is -0.140. The summed E-state index contributed by atoms with van der Waals surface area (Å²) in [5, 5.41) is 5.04. The van der Waals surface area contributed by atoms with Crippen LogP contribution in [-0.4, -0.2) is 17.4 Å². The summed E-state index contributed by atoms with van der Waals surface area (Å²) in [6, 6.07) is 5.77. The zero-order valence-corrected chi connectivity index (χ0v) is 12.6. The van der Waals surface area contributed by atoms with Crippen molar-refractivity contribution in [1.29, 1.82) is 0 Å². The van der Waals surface area contributed by atoms with Crippen LogP contribution in [-0.2, 0) is 0 Å². The van der Waals surface area contributed by atoms with Crippen LogP contribution >= 0.6 is 11.3 Å². The quantitative estimate of drug-likeness (QED) is 0.851. The topological polar surface area (TPSA) is 68.0 Å². The van der Waals surface area contributed by atoms with Crippen LogP contribution in [0.25, 0.3) is 0 Å². The van der Waals surface area contributed by atoms with Crippen molar-refractivity contribution in [2.75, 3.05) is 6.54 Å². The van der Waals surface area contributed by atoms with E-state index in [2.05, 4.69) is 22.1 Å². The van der Waals surface area contributed by atoms with E-state index in [9.17, 15) is 4.79 Å². The third-order valence-electron chi connectivity index (χ3n) is 2.94. The molecule has 0 bridgehead atoms. The van der Waals surface area contributed by atoms with Gasteiger partial charge in [-0.2, -0.15) is 0 Å². The monoisotopic (exact) mass is 299 g/mol. The van der Waals surface area contributed by atoms with Gasteiger partial charge in [-0.25, -0.2) is 0 Å². The van der Waals surface area contributed by atoms with E-state index in [-0.39, 0.29) is 18.5 Å². The number of rotatable bonds is 4. The van der Waals surface area contributed by atoms with E-state index >= 15 is 0 Å². The lowest BCUT2D eigenvalue weighted by Crippen LogP contribution is -2.27. The van der Waals surface area contributed by atoms with Crippen molar-refractivity contribution < 1.29 is 4.79 Å². The predicted molar refractivity (Wildman–Crippen MR) is 85.0 cm³/mol. The molecule has 0 fully saturated rings. The first-order valence-electron chi connectivity index (χ1n) is 6.72. The normalized spacial score (nSPS) is 11.3. The molecule has 2 aromatic heterocycles. The van der Waals surface area contributed by atoms with Crippen molar-refractivity contribution in [1.82, 2.24) is 10.3 Å². The Labute approximate surface area is 128 Å². The predicted octanol–water partition coefficient (Wildman–Crippen LogP) is 2.33. The molecule has 0 saturated heterocycles. The lowest BCUT2D eigenvalue weighted by molar-refractivity contribution is 0.0936. The van der Waals surface area contributed by atoms with Crippen LogP contribution in [0.4, 0.5) is 0 Å². The summed E-state index contributed by atoms with van der Waals surface area (Å²) in [4.78, 5) is 17.5. The second kappa shape index (κ2) is 7.58. The van der Waals surface area contributed by atoms with Gasteiger partial charge in [0.05, 0.1) is 18.2 Å². The van der Waals surface area contributed by atoms with Crippen LogP contribution < -0.4 is 11.1 Å². The van der Waals surface area contributed by atoms with Gasteiger partial charge >= 0.3 is 0 Å². The first-order valence-corrected chi connectivity index (χ1v) is 7.60. The molecule has 21 heavy (non-hydrogen) atoms. The fourth-order valence-corrected chi connectivity index (χ4v) is 2.75. The van der Waals surface area contributed by atoms with Crippen LogP contribution in [0.3, 0.4) is 0 Å². The van der Waals surface area contributed by atoms with Gasteiger partial charge in [0.15, 0.2) is 0 Å². The van der Waals surface area contributed by atoms with Gasteiger partial charge < -0.3 is 11.1 Å². The number of nitrogens with zero attached hydrogens (tertiary/aromatic N) is 1. The van der Waals surface area contributed by atoms with Gasteiger partial charge in [-0.05, 0) is 23.9 Å². The van der Waals surface area contributed by atoms with Crippen LogP contribution in [0.2, 0.25) is 0 Å². The zero-order chi connectivity index (χ0) is 15.1. The van der Waals surface area contributed by atoms with E-state index in [4.69, 9.17) is 5.73 Å². The molecule has 1 amide bonds. The average Bonchev–Trinajstić information content (AvgIpc) is 3.04. The molecule has 0 aromatic carbocycles. The molecular weight excluding hydrogens is 282 g/mol. The Balaban J connectivity index is 2.12. The Morgan fingerprint density at radius 2 is 2.38 bits per heavy atom. The summed E-state index contributed by atoms with van der Waals surface area (Å²) in [5.41, 5.74) is 6.54. The lowest BCUT2D eigenvalue weighted by atomic mass is 10.1. The molecule has 1 atom stereocenters.